The Morgan fingerprint density at radius 2 is 1.00 bits per heavy atom. The predicted octanol–water partition coefficient (Wildman–Crippen LogP) is 4.77. The molecule has 0 aliphatic heterocycles. The van der Waals surface area contributed by atoms with Crippen molar-refractivity contribution in [3.05, 3.63) is 0 Å². The van der Waals surface area contributed by atoms with Gasteiger partial charge in [-0.05, 0) is 34.1 Å². The molecule has 0 aromatic rings. The van der Waals surface area contributed by atoms with Crippen molar-refractivity contribution in [3.8, 4) is 0 Å². The Bertz CT molecular complexity index is 329. The molecule has 0 aliphatic rings. The van der Waals surface area contributed by atoms with Crippen LogP contribution >= 0.6 is 0 Å². The van der Waals surface area contributed by atoms with Gasteiger partial charge in [0.15, 0.2) is 0 Å². The minimum Gasteiger partial charge on any atom is -1.00 e. The average molecular weight is 509 g/mol. The molecule has 1 atom stereocenters. The quantitative estimate of drug-likeness (QED) is 0.138. The van der Waals surface area contributed by atoms with Gasteiger partial charge in [-0.1, -0.05) is 90.4 Å². The van der Waals surface area contributed by atoms with E-state index < -0.39 is 0 Å². The number of hydrogen-bond donors (Lipinski definition) is 0. The van der Waals surface area contributed by atoms with E-state index in [0.717, 1.165) is 30.8 Å². The summed E-state index contributed by atoms with van der Waals surface area (Å²) < 4.78 is 13.1. The van der Waals surface area contributed by atoms with E-state index >= 15 is 0 Å². The van der Waals surface area contributed by atoms with Gasteiger partial charge in [0, 0.05) is 13.2 Å². The van der Waals surface area contributed by atoms with Gasteiger partial charge in [0.2, 0.25) is 0 Å². The van der Waals surface area contributed by atoms with Crippen LogP contribution in [0.3, 0.4) is 0 Å². The Morgan fingerprint density at radius 1 is 0.581 bits per heavy atom. The van der Waals surface area contributed by atoms with Gasteiger partial charge >= 0.3 is 0 Å². The van der Waals surface area contributed by atoms with E-state index in [2.05, 4.69) is 34.6 Å². The minimum absolute atomic E-state index is 0. The first-order valence-electron chi connectivity index (χ1n) is 13.7. The zero-order valence-corrected chi connectivity index (χ0v) is 23.7. The van der Waals surface area contributed by atoms with Crippen LogP contribution in [0.1, 0.15) is 125 Å². The minimum atomic E-state index is 0. The number of quaternary nitrogens is 1. The summed E-state index contributed by atoms with van der Waals surface area (Å²) in [5, 5.41) is 0. The van der Waals surface area contributed by atoms with Gasteiger partial charge in [-0.3, -0.25) is 0 Å². The smallest absolute Gasteiger partial charge is 0.130 e. The fourth-order valence-corrected chi connectivity index (χ4v) is 4.49. The van der Waals surface area contributed by atoms with Crippen LogP contribution in [0.5, 0.6) is 0 Å². The van der Waals surface area contributed by atoms with Crippen molar-refractivity contribution in [2.24, 2.45) is 0 Å². The summed E-state index contributed by atoms with van der Waals surface area (Å²) in [4.78, 5) is 0. The lowest BCUT2D eigenvalue weighted by Gasteiger charge is -2.38. The normalized spacial score (nSPS) is 12.7. The summed E-state index contributed by atoms with van der Waals surface area (Å²) in [5.74, 6) is 0. The van der Waals surface area contributed by atoms with Crippen LogP contribution in [-0.4, -0.2) is 56.6 Å². The zero-order valence-electron chi connectivity index (χ0n) is 22.1. The molecule has 0 saturated carbocycles. The Labute approximate surface area is 207 Å². The van der Waals surface area contributed by atoms with Gasteiger partial charge in [0.25, 0.3) is 0 Å². The predicted molar refractivity (Wildman–Crippen MR) is 133 cm³/mol. The van der Waals surface area contributed by atoms with Gasteiger partial charge < -0.3 is 30.9 Å². The van der Waals surface area contributed by atoms with Crippen LogP contribution in [0.15, 0.2) is 0 Å². The fourth-order valence-electron chi connectivity index (χ4n) is 4.49. The summed E-state index contributed by atoms with van der Waals surface area (Å²) in [6, 6.07) is 0. The first-order chi connectivity index (χ1) is 14.7. The first kappa shape index (κ1) is 33.5. The third-order valence-corrected chi connectivity index (χ3v) is 6.95. The maximum atomic E-state index is 6.00. The second-order valence-electron chi connectivity index (χ2n) is 9.22. The zero-order chi connectivity index (χ0) is 22.3. The molecule has 1 unspecified atom stereocenters. The van der Waals surface area contributed by atoms with E-state index in [-0.39, 0.29) is 23.1 Å². The molecule has 0 bridgehead atoms. The summed E-state index contributed by atoms with van der Waals surface area (Å²) >= 11 is 0. The lowest BCUT2D eigenvalue weighted by molar-refractivity contribution is -0.926. The summed E-state index contributed by atoms with van der Waals surface area (Å²) in [6.45, 7) is 18.3. The van der Waals surface area contributed by atoms with Crippen LogP contribution in [0.4, 0.5) is 0 Å². The van der Waals surface area contributed by atoms with E-state index in [1.165, 1.54) is 110 Å². The highest BCUT2D eigenvalue weighted by Crippen LogP contribution is 2.13. The highest BCUT2D eigenvalue weighted by Gasteiger charge is 2.26. The molecule has 0 rings (SSSR count). The van der Waals surface area contributed by atoms with Crippen LogP contribution in [-0.2, 0) is 9.47 Å². The Balaban J connectivity index is 0. The molecule has 0 aliphatic carbocycles. The first-order valence-corrected chi connectivity index (χ1v) is 13.7. The molecular weight excluding hydrogens is 450 g/mol. The number of rotatable bonds is 24. The second kappa shape index (κ2) is 25.0. The van der Waals surface area contributed by atoms with Crippen molar-refractivity contribution < 1.29 is 30.9 Å². The van der Waals surface area contributed by atoms with Crippen molar-refractivity contribution >= 4 is 0 Å². The van der Waals surface area contributed by atoms with Gasteiger partial charge in [-0.25, -0.2) is 0 Å². The fraction of sp³-hybridized carbons (Fsp3) is 1.00. The summed E-state index contributed by atoms with van der Waals surface area (Å²) in [6.07, 6.45) is 19.9. The maximum Gasteiger partial charge on any atom is 0.130 e. The number of nitrogens with zero attached hydrogens (tertiary/aromatic N) is 1. The molecule has 0 heterocycles. The van der Waals surface area contributed by atoms with E-state index in [1.807, 2.05) is 0 Å². The largest absolute Gasteiger partial charge is 1.00 e. The number of unbranched alkanes of at least 4 members (excludes halogenated alkanes) is 13. The molecule has 190 valence electrons. The monoisotopic (exact) mass is 507 g/mol. The molecular formula is C27H58BrNO2. The molecule has 0 saturated heterocycles. The van der Waals surface area contributed by atoms with E-state index in [1.54, 1.807) is 0 Å². The molecule has 0 N–H and O–H groups in total. The van der Waals surface area contributed by atoms with Crippen molar-refractivity contribution in [3.63, 3.8) is 0 Å². The summed E-state index contributed by atoms with van der Waals surface area (Å²) in [7, 11) is 0. The number of likely N-dealkylation sites (N-methyl/N-ethyl adjacent to an activating group) is 1. The molecule has 3 nitrogen and oxygen atoms in total. The van der Waals surface area contributed by atoms with Gasteiger partial charge in [-0.15, -0.1) is 0 Å². The lowest BCUT2D eigenvalue weighted by Crippen LogP contribution is -3.00. The van der Waals surface area contributed by atoms with E-state index in [4.69, 9.17) is 9.47 Å². The van der Waals surface area contributed by atoms with Gasteiger partial charge in [0.1, 0.15) is 12.6 Å². The second-order valence-corrected chi connectivity index (χ2v) is 9.22. The molecule has 31 heavy (non-hydrogen) atoms. The maximum absolute atomic E-state index is 6.00. The van der Waals surface area contributed by atoms with Crippen LogP contribution in [0.2, 0.25) is 0 Å². The third kappa shape index (κ3) is 19.5. The van der Waals surface area contributed by atoms with E-state index in [9.17, 15) is 0 Å². The van der Waals surface area contributed by atoms with Gasteiger partial charge in [0.05, 0.1) is 26.2 Å². The topological polar surface area (TPSA) is 18.5 Å². The van der Waals surface area contributed by atoms with Crippen LogP contribution in [0, 0.1) is 0 Å². The Morgan fingerprint density at radius 3 is 1.39 bits per heavy atom. The van der Waals surface area contributed by atoms with Crippen molar-refractivity contribution in [2.45, 2.75) is 131 Å². The SMILES string of the molecule is CCCCCCCCCCCCCCCCOCC(C[N+](CC)(CC)CC)OCC.[Br-]. The number of halogens is 1. The van der Waals surface area contributed by atoms with Crippen LogP contribution < -0.4 is 17.0 Å². The van der Waals surface area contributed by atoms with Crippen molar-refractivity contribution in [1.29, 1.82) is 0 Å². The average Bonchev–Trinajstić information content (AvgIpc) is 2.77. The molecule has 0 radical (unpaired) electrons. The Hall–Kier alpha value is 0.360. The Kier molecular flexibility index (Phi) is 27.0. The summed E-state index contributed by atoms with van der Waals surface area (Å²) in [5.41, 5.74) is 0. The highest BCUT2D eigenvalue weighted by atomic mass is 79.9. The molecule has 0 fully saturated rings. The number of ether oxygens (including phenoxy) is 2. The highest BCUT2D eigenvalue weighted by molar-refractivity contribution is 4.58. The van der Waals surface area contributed by atoms with Crippen LogP contribution in [0.25, 0.3) is 0 Å². The number of hydrogen-bond acceptors (Lipinski definition) is 2. The van der Waals surface area contributed by atoms with Crippen molar-refractivity contribution in [1.82, 2.24) is 0 Å². The van der Waals surface area contributed by atoms with E-state index in [0.29, 0.717) is 0 Å². The molecule has 0 aromatic heterocycles. The van der Waals surface area contributed by atoms with Crippen molar-refractivity contribution in [2.75, 3.05) is 46.0 Å². The lowest BCUT2D eigenvalue weighted by atomic mass is 10.0. The molecule has 0 aromatic carbocycles. The van der Waals surface area contributed by atoms with Gasteiger partial charge in [-0.2, -0.15) is 0 Å². The molecule has 4 heteroatoms. The third-order valence-electron chi connectivity index (χ3n) is 6.95. The standard InChI is InChI=1S/C27H58NO2.BrH/c1-6-11-12-13-14-15-16-17-18-19-20-21-22-23-24-29-26-27(30-10-5)25-28(7-2,8-3)9-4;/h27H,6-26H2,1-5H3;1H/q+1;/p-1. The molecule has 0 spiro atoms. The molecule has 0 amide bonds.